The van der Waals surface area contributed by atoms with Crippen molar-refractivity contribution >= 4 is 34.4 Å². The molecule has 1 aliphatic heterocycles. The highest BCUT2D eigenvalue weighted by atomic mass is 35.5. The molecule has 34 heavy (non-hydrogen) atoms. The minimum Gasteiger partial charge on any atom is -0.379 e. The summed E-state index contributed by atoms with van der Waals surface area (Å²) >= 11 is 5.94. The van der Waals surface area contributed by atoms with Gasteiger partial charge < -0.3 is 10.1 Å². The van der Waals surface area contributed by atoms with Gasteiger partial charge in [0.1, 0.15) is 23.5 Å². The Morgan fingerprint density at radius 2 is 2.06 bits per heavy atom. The molecule has 178 valence electrons. The third kappa shape index (κ3) is 6.14. The molecule has 1 aromatic carbocycles. The predicted octanol–water partition coefficient (Wildman–Crippen LogP) is 4.19. The third-order valence-electron chi connectivity index (χ3n) is 5.82. The molecule has 1 amide bonds. The van der Waals surface area contributed by atoms with Crippen LogP contribution < -0.4 is 5.32 Å². The van der Waals surface area contributed by atoms with Crippen molar-refractivity contribution in [1.29, 1.82) is 0 Å². The number of anilines is 1. The maximum absolute atomic E-state index is 13.5. The number of aryl methyl sites for hydroxylation is 1. The normalized spacial score (nSPS) is 14.3. The molecule has 4 rings (SSSR count). The molecule has 2 aromatic heterocycles. The number of hydrogen-bond donors (Lipinski definition) is 1. The van der Waals surface area contributed by atoms with Gasteiger partial charge in [-0.3, -0.25) is 9.69 Å². The SMILES string of the molecule is C=CC(=O)Nc1nc2c(Cc3ccc(F)c(Cl)c3)ncnc2cc1CCCCN1CCOCC1. The summed E-state index contributed by atoms with van der Waals surface area (Å²) < 4.78 is 19.0. The van der Waals surface area contributed by atoms with Gasteiger partial charge in [0.15, 0.2) is 0 Å². The molecule has 1 N–H and O–H groups in total. The van der Waals surface area contributed by atoms with Gasteiger partial charge in [-0.25, -0.2) is 19.3 Å². The number of amides is 1. The smallest absolute Gasteiger partial charge is 0.248 e. The van der Waals surface area contributed by atoms with Crippen LogP contribution in [0.15, 0.2) is 43.2 Å². The van der Waals surface area contributed by atoms with Crippen molar-refractivity contribution in [3.63, 3.8) is 0 Å². The Morgan fingerprint density at radius 1 is 1.24 bits per heavy atom. The predicted molar refractivity (Wildman–Crippen MR) is 131 cm³/mol. The van der Waals surface area contributed by atoms with Crippen molar-refractivity contribution in [2.24, 2.45) is 0 Å². The van der Waals surface area contributed by atoms with E-state index in [0.29, 0.717) is 29.0 Å². The van der Waals surface area contributed by atoms with Crippen LogP contribution in [0.3, 0.4) is 0 Å². The number of fused-ring (bicyclic) bond motifs is 1. The second-order valence-corrected chi connectivity index (χ2v) is 8.62. The van der Waals surface area contributed by atoms with Crippen molar-refractivity contribution in [1.82, 2.24) is 19.9 Å². The highest BCUT2D eigenvalue weighted by molar-refractivity contribution is 6.30. The van der Waals surface area contributed by atoms with Crippen molar-refractivity contribution in [3.05, 3.63) is 70.9 Å². The topological polar surface area (TPSA) is 80.2 Å². The number of rotatable bonds is 9. The lowest BCUT2D eigenvalue weighted by Gasteiger charge is -2.26. The van der Waals surface area contributed by atoms with E-state index in [2.05, 4.69) is 26.8 Å². The maximum Gasteiger partial charge on any atom is 0.248 e. The van der Waals surface area contributed by atoms with Gasteiger partial charge in [-0.05, 0) is 61.2 Å². The molecular formula is C25H27ClFN5O2. The second-order valence-electron chi connectivity index (χ2n) is 8.21. The van der Waals surface area contributed by atoms with Crippen LogP contribution in [0, 0.1) is 5.82 Å². The zero-order valence-corrected chi connectivity index (χ0v) is 19.7. The first-order chi connectivity index (χ1) is 16.5. The molecule has 7 nitrogen and oxygen atoms in total. The molecule has 0 aliphatic carbocycles. The summed E-state index contributed by atoms with van der Waals surface area (Å²) in [5.41, 5.74) is 3.66. The van der Waals surface area contributed by atoms with Crippen LogP contribution in [0.25, 0.3) is 11.0 Å². The average Bonchev–Trinajstić information content (AvgIpc) is 2.85. The van der Waals surface area contributed by atoms with Crippen LogP contribution in [0.4, 0.5) is 10.2 Å². The molecule has 1 aliphatic rings. The lowest BCUT2D eigenvalue weighted by molar-refractivity contribution is -0.111. The minimum absolute atomic E-state index is 0.0575. The summed E-state index contributed by atoms with van der Waals surface area (Å²) in [7, 11) is 0. The molecule has 0 spiro atoms. The Kier molecular flexibility index (Phi) is 8.16. The fourth-order valence-corrected chi connectivity index (χ4v) is 4.19. The number of halogens is 2. The first kappa shape index (κ1) is 24.2. The number of benzene rings is 1. The van der Waals surface area contributed by atoms with E-state index in [1.165, 1.54) is 18.5 Å². The molecule has 0 bridgehead atoms. The van der Waals surface area contributed by atoms with E-state index in [4.69, 9.17) is 21.3 Å². The number of nitrogens with one attached hydrogen (secondary N) is 1. The number of ether oxygens (including phenoxy) is 1. The fourth-order valence-electron chi connectivity index (χ4n) is 3.99. The summed E-state index contributed by atoms with van der Waals surface area (Å²) in [5.74, 6) is -0.314. The summed E-state index contributed by atoms with van der Waals surface area (Å²) in [6, 6.07) is 6.53. The number of pyridine rings is 1. The largest absolute Gasteiger partial charge is 0.379 e. The molecule has 9 heteroatoms. The Balaban J connectivity index is 1.56. The van der Waals surface area contributed by atoms with Gasteiger partial charge in [0.25, 0.3) is 0 Å². The zero-order chi connectivity index (χ0) is 23.9. The van der Waals surface area contributed by atoms with E-state index in [0.717, 1.165) is 63.2 Å². The summed E-state index contributed by atoms with van der Waals surface area (Å²) in [4.78, 5) is 28.0. The Bertz CT molecular complexity index is 1180. The van der Waals surface area contributed by atoms with Gasteiger partial charge in [-0.1, -0.05) is 24.2 Å². The Hall–Kier alpha value is -2.94. The average molecular weight is 484 g/mol. The number of aromatic nitrogens is 3. The molecule has 0 atom stereocenters. The minimum atomic E-state index is -0.469. The van der Waals surface area contributed by atoms with Crippen LogP contribution in [0.2, 0.25) is 5.02 Å². The summed E-state index contributed by atoms with van der Waals surface area (Å²) in [5, 5.41) is 2.89. The van der Waals surface area contributed by atoms with Gasteiger partial charge in [0.2, 0.25) is 5.91 Å². The number of nitrogens with zero attached hydrogens (tertiary/aromatic N) is 4. The standard InChI is InChI=1S/C25H27ClFN5O2/c1-2-23(33)30-25-18(5-3-4-8-32-9-11-34-12-10-32)15-22-24(31-25)21(28-16-29-22)14-17-6-7-20(27)19(26)13-17/h2,6-7,13,15-16H,1,3-5,8-12,14H2,(H,30,31,33). The van der Waals surface area contributed by atoms with E-state index in [9.17, 15) is 9.18 Å². The lowest BCUT2D eigenvalue weighted by atomic mass is 10.1. The molecule has 3 heterocycles. The number of unbranched alkanes of at least 4 members (excludes halogenated alkanes) is 1. The number of carbonyl (C=O) groups is 1. The van der Waals surface area contributed by atoms with Gasteiger partial charge in [-0.2, -0.15) is 0 Å². The van der Waals surface area contributed by atoms with E-state index in [1.807, 2.05) is 6.07 Å². The first-order valence-corrected chi connectivity index (χ1v) is 11.7. The molecule has 0 unspecified atom stereocenters. The van der Waals surface area contributed by atoms with E-state index >= 15 is 0 Å². The highest BCUT2D eigenvalue weighted by Crippen LogP contribution is 2.25. The molecule has 0 radical (unpaired) electrons. The second kappa shape index (κ2) is 11.5. The van der Waals surface area contributed by atoms with Crippen LogP contribution in [-0.2, 0) is 22.4 Å². The summed E-state index contributed by atoms with van der Waals surface area (Å²) in [6.07, 6.45) is 5.86. The van der Waals surface area contributed by atoms with Gasteiger partial charge in [0, 0.05) is 19.5 Å². The van der Waals surface area contributed by atoms with Crippen LogP contribution in [0.5, 0.6) is 0 Å². The molecule has 0 saturated carbocycles. The molecule has 3 aromatic rings. The zero-order valence-electron chi connectivity index (χ0n) is 18.9. The number of carbonyl (C=O) groups excluding carboxylic acids is 1. The van der Waals surface area contributed by atoms with Crippen molar-refractivity contribution in [3.8, 4) is 0 Å². The van der Waals surface area contributed by atoms with Crippen molar-refractivity contribution in [2.75, 3.05) is 38.2 Å². The highest BCUT2D eigenvalue weighted by Gasteiger charge is 2.15. The monoisotopic (exact) mass is 483 g/mol. The Morgan fingerprint density at radius 3 is 2.82 bits per heavy atom. The van der Waals surface area contributed by atoms with E-state index < -0.39 is 5.82 Å². The van der Waals surface area contributed by atoms with Crippen LogP contribution >= 0.6 is 11.6 Å². The molecule has 1 fully saturated rings. The van der Waals surface area contributed by atoms with E-state index in [-0.39, 0.29) is 10.9 Å². The quantitative estimate of drug-likeness (QED) is 0.363. The van der Waals surface area contributed by atoms with Crippen molar-refractivity contribution in [2.45, 2.75) is 25.7 Å². The third-order valence-corrected chi connectivity index (χ3v) is 6.11. The van der Waals surface area contributed by atoms with Gasteiger partial charge >= 0.3 is 0 Å². The van der Waals surface area contributed by atoms with Gasteiger partial charge in [0.05, 0.1) is 29.4 Å². The summed E-state index contributed by atoms with van der Waals surface area (Å²) in [6.45, 7) is 8.08. The first-order valence-electron chi connectivity index (χ1n) is 11.3. The number of morpholine rings is 1. The number of hydrogen-bond acceptors (Lipinski definition) is 6. The van der Waals surface area contributed by atoms with Crippen LogP contribution in [-0.4, -0.2) is 58.6 Å². The Labute approximate surface area is 203 Å². The lowest BCUT2D eigenvalue weighted by Crippen LogP contribution is -2.36. The molecule has 1 saturated heterocycles. The van der Waals surface area contributed by atoms with Crippen molar-refractivity contribution < 1.29 is 13.9 Å². The van der Waals surface area contributed by atoms with Crippen LogP contribution in [0.1, 0.15) is 29.7 Å². The van der Waals surface area contributed by atoms with E-state index in [1.54, 1.807) is 12.1 Å². The van der Waals surface area contributed by atoms with Gasteiger partial charge in [-0.15, -0.1) is 0 Å². The fraction of sp³-hybridized carbons (Fsp3) is 0.360. The maximum atomic E-state index is 13.5. The molecular weight excluding hydrogens is 457 g/mol.